The Balaban J connectivity index is 2.38. The largest absolute Gasteiger partial charge is 0.396 e. The maximum atomic E-state index is 13.5. The molecule has 0 amide bonds. The van der Waals surface area contributed by atoms with Gasteiger partial charge in [-0.05, 0) is 18.2 Å². The minimum atomic E-state index is -0.427. The number of nitrogens with zero attached hydrogens (tertiary/aromatic N) is 1. The third-order valence-electron chi connectivity index (χ3n) is 2.07. The number of para-hydroxylation sites is 1. The average Bonchev–Trinajstić information content (AvgIpc) is 2.26. The Bertz CT molecular complexity index is 496. The lowest BCUT2D eigenvalue weighted by molar-refractivity contribution is 0.632. The molecule has 0 spiro atoms. The van der Waals surface area contributed by atoms with E-state index in [-0.39, 0.29) is 5.69 Å². The molecule has 2 rings (SSSR count). The Morgan fingerprint density at radius 1 is 1.31 bits per heavy atom. The zero-order valence-corrected chi connectivity index (χ0v) is 9.00. The quantitative estimate of drug-likeness (QED) is 0.843. The molecule has 5 heteroatoms. The van der Waals surface area contributed by atoms with Gasteiger partial charge in [-0.1, -0.05) is 17.7 Å². The molecule has 3 N–H and O–H groups in total. The molecule has 0 bridgehead atoms. The molecule has 0 radical (unpaired) electrons. The van der Waals surface area contributed by atoms with Crippen LogP contribution >= 0.6 is 11.6 Å². The van der Waals surface area contributed by atoms with Crippen molar-refractivity contribution in [1.29, 1.82) is 0 Å². The number of pyridine rings is 1. The van der Waals surface area contributed by atoms with Crippen LogP contribution in [0.5, 0.6) is 0 Å². The predicted octanol–water partition coefficient (Wildman–Crippen LogP) is 3.20. The van der Waals surface area contributed by atoms with E-state index < -0.39 is 5.82 Å². The van der Waals surface area contributed by atoms with Crippen LogP contribution in [-0.4, -0.2) is 4.98 Å². The van der Waals surface area contributed by atoms with E-state index in [1.165, 1.54) is 12.3 Å². The summed E-state index contributed by atoms with van der Waals surface area (Å²) in [6, 6.07) is 6.12. The van der Waals surface area contributed by atoms with Crippen molar-refractivity contribution in [1.82, 2.24) is 4.98 Å². The Morgan fingerprint density at radius 3 is 2.81 bits per heavy atom. The molecule has 0 aliphatic carbocycles. The third kappa shape index (κ3) is 2.06. The van der Waals surface area contributed by atoms with Gasteiger partial charge in [-0.3, -0.25) is 4.98 Å². The van der Waals surface area contributed by atoms with Crippen LogP contribution in [0.1, 0.15) is 0 Å². The van der Waals surface area contributed by atoms with E-state index in [4.69, 9.17) is 17.3 Å². The number of nitrogens with two attached hydrogens (primary N) is 1. The van der Waals surface area contributed by atoms with Gasteiger partial charge in [0.25, 0.3) is 0 Å². The van der Waals surface area contributed by atoms with E-state index in [2.05, 4.69) is 10.3 Å². The molecule has 1 aromatic carbocycles. The first kappa shape index (κ1) is 10.7. The van der Waals surface area contributed by atoms with E-state index in [1.807, 2.05) is 0 Å². The van der Waals surface area contributed by atoms with Crippen LogP contribution in [0.4, 0.5) is 21.5 Å². The molecule has 0 atom stereocenters. The van der Waals surface area contributed by atoms with Gasteiger partial charge in [0.1, 0.15) is 5.82 Å². The molecule has 0 saturated carbocycles. The second-order valence-corrected chi connectivity index (χ2v) is 3.59. The number of nitrogen functional groups attached to an aromatic ring is 1. The minimum absolute atomic E-state index is 0.210. The van der Waals surface area contributed by atoms with E-state index in [9.17, 15) is 4.39 Å². The van der Waals surface area contributed by atoms with Gasteiger partial charge in [-0.15, -0.1) is 0 Å². The maximum Gasteiger partial charge on any atom is 0.148 e. The molecule has 0 fully saturated rings. The van der Waals surface area contributed by atoms with Gasteiger partial charge in [0.2, 0.25) is 0 Å². The number of benzene rings is 1. The van der Waals surface area contributed by atoms with Gasteiger partial charge in [0.05, 0.1) is 28.3 Å². The first-order valence-corrected chi connectivity index (χ1v) is 4.97. The summed E-state index contributed by atoms with van der Waals surface area (Å²) in [5.41, 5.74) is 6.89. The minimum Gasteiger partial charge on any atom is -0.396 e. The van der Waals surface area contributed by atoms with Crippen molar-refractivity contribution < 1.29 is 4.39 Å². The summed E-state index contributed by atoms with van der Waals surface area (Å²) >= 11 is 5.87. The first-order valence-electron chi connectivity index (χ1n) is 4.59. The topological polar surface area (TPSA) is 50.9 Å². The van der Waals surface area contributed by atoms with Gasteiger partial charge in [-0.2, -0.15) is 0 Å². The molecule has 0 aliphatic heterocycles. The molecule has 0 aliphatic rings. The van der Waals surface area contributed by atoms with Gasteiger partial charge in [0.15, 0.2) is 0 Å². The lowest BCUT2D eigenvalue weighted by Crippen LogP contribution is -1.99. The number of anilines is 3. The highest BCUT2D eigenvalue weighted by atomic mass is 35.5. The van der Waals surface area contributed by atoms with Gasteiger partial charge in [-0.25, -0.2) is 4.39 Å². The Morgan fingerprint density at radius 2 is 2.12 bits per heavy atom. The standard InChI is InChI=1S/C11H9ClFN3/c12-7-2-1-3-8(13)11(7)16-10-4-5-15-6-9(10)14/h1-6H,14H2,(H,15,16). The van der Waals surface area contributed by atoms with Crippen LogP contribution in [0, 0.1) is 5.82 Å². The predicted molar refractivity (Wildman–Crippen MR) is 63.3 cm³/mol. The zero-order valence-electron chi connectivity index (χ0n) is 8.24. The smallest absolute Gasteiger partial charge is 0.148 e. The van der Waals surface area contributed by atoms with Crippen LogP contribution in [0.15, 0.2) is 36.7 Å². The molecule has 1 aromatic heterocycles. The Labute approximate surface area is 97.1 Å². The molecule has 3 nitrogen and oxygen atoms in total. The van der Waals surface area contributed by atoms with Crippen molar-refractivity contribution >= 4 is 28.7 Å². The number of rotatable bonds is 2. The van der Waals surface area contributed by atoms with Crippen LogP contribution in [0.25, 0.3) is 0 Å². The van der Waals surface area contributed by atoms with Crippen molar-refractivity contribution in [2.24, 2.45) is 0 Å². The molecule has 1 heterocycles. The SMILES string of the molecule is Nc1cnccc1Nc1c(F)cccc1Cl. The van der Waals surface area contributed by atoms with E-state index in [0.29, 0.717) is 16.4 Å². The summed E-state index contributed by atoms with van der Waals surface area (Å²) in [5.74, 6) is -0.427. The van der Waals surface area contributed by atoms with Crippen LogP contribution in [-0.2, 0) is 0 Å². The average molecular weight is 238 g/mol. The summed E-state index contributed by atoms with van der Waals surface area (Å²) in [4.78, 5) is 3.84. The fourth-order valence-electron chi connectivity index (χ4n) is 1.27. The lowest BCUT2D eigenvalue weighted by Gasteiger charge is -2.10. The van der Waals surface area contributed by atoms with Gasteiger partial charge >= 0.3 is 0 Å². The zero-order chi connectivity index (χ0) is 11.5. The molecule has 2 aromatic rings. The molecule has 82 valence electrons. The molecular weight excluding hydrogens is 229 g/mol. The molecule has 16 heavy (non-hydrogen) atoms. The summed E-state index contributed by atoms with van der Waals surface area (Å²) in [5, 5.41) is 3.14. The van der Waals surface area contributed by atoms with Crippen molar-refractivity contribution in [3.05, 3.63) is 47.5 Å². The molecular formula is C11H9ClFN3. The maximum absolute atomic E-state index is 13.5. The fraction of sp³-hybridized carbons (Fsp3) is 0. The van der Waals surface area contributed by atoms with Gasteiger partial charge < -0.3 is 11.1 Å². The molecule has 0 saturated heterocycles. The summed E-state index contributed by atoms with van der Waals surface area (Å²) in [7, 11) is 0. The van der Waals surface area contributed by atoms with Gasteiger partial charge in [0, 0.05) is 6.20 Å². The van der Waals surface area contributed by atoms with E-state index in [0.717, 1.165) is 0 Å². The first-order chi connectivity index (χ1) is 7.68. The number of nitrogens with one attached hydrogen (secondary N) is 1. The highest BCUT2D eigenvalue weighted by molar-refractivity contribution is 6.33. The number of aromatic nitrogens is 1. The Hall–Kier alpha value is -1.81. The monoisotopic (exact) mass is 237 g/mol. The van der Waals surface area contributed by atoms with Crippen molar-refractivity contribution in [2.45, 2.75) is 0 Å². The number of halogens is 2. The normalized spacial score (nSPS) is 10.1. The van der Waals surface area contributed by atoms with Crippen molar-refractivity contribution in [3.8, 4) is 0 Å². The van der Waals surface area contributed by atoms with Crippen LogP contribution < -0.4 is 11.1 Å². The fourth-order valence-corrected chi connectivity index (χ4v) is 1.48. The summed E-state index contributed by atoms with van der Waals surface area (Å²) < 4.78 is 13.5. The highest BCUT2D eigenvalue weighted by Gasteiger charge is 2.08. The van der Waals surface area contributed by atoms with Crippen LogP contribution in [0.3, 0.4) is 0 Å². The Kier molecular flexibility index (Phi) is 2.92. The van der Waals surface area contributed by atoms with Crippen LogP contribution in [0.2, 0.25) is 5.02 Å². The summed E-state index contributed by atoms with van der Waals surface area (Å²) in [6.45, 7) is 0. The summed E-state index contributed by atoms with van der Waals surface area (Å²) in [6.07, 6.45) is 3.05. The highest BCUT2D eigenvalue weighted by Crippen LogP contribution is 2.29. The second kappa shape index (κ2) is 4.37. The van der Waals surface area contributed by atoms with Crippen molar-refractivity contribution in [2.75, 3.05) is 11.1 Å². The second-order valence-electron chi connectivity index (χ2n) is 3.18. The van der Waals surface area contributed by atoms with E-state index in [1.54, 1.807) is 24.4 Å². The van der Waals surface area contributed by atoms with Crippen molar-refractivity contribution in [3.63, 3.8) is 0 Å². The number of hydrogen-bond donors (Lipinski definition) is 2. The number of hydrogen-bond acceptors (Lipinski definition) is 3. The van der Waals surface area contributed by atoms with E-state index >= 15 is 0 Å². The third-order valence-corrected chi connectivity index (χ3v) is 2.39. The lowest BCUT2D eigenvalue weighted by atomic mass is 10.2. The molecule has 0 unspecified atom stereocenters.